The maximum atomic E-state index is 5.82. The molecule has 0 amide bonds. The topological polar surface area (TPSA) is 59.6 Å². The molecule has 4 nitrogen and oxygen atoms in total. The highest BCUT2D eigenvalue weighted by atomic mass is 16.5. The molecule has 1 atom stereocenters. The van der Waals surface area contributed by atoms with Crippen molar-refractivity contribution in [2.45, 2.75) is 26.4 Å². The van der Waals surface area contributed by atoms with E-state index in [9.17, 15) is 0 Å². The van der Waals surface area contributed by atoms with Gasteiger partial charge >= 0.3 is 0 Å². The van der Waals surface area contributed by atoms with Gasteiger partial charge in [0, 0.05) is 13.7 Å². The van der Waals surface area contributed by atoms with Crippen LogP contribution in [0.4, 0.5) is 0 Å². The first-order chi connectivity index (χ1) is 9.13. The number of methoxy groups -OCH3 is 1. The zero-order chi connectivity index (χ0) is 14.1. The third-order valence-electron chi connectivity index (χ3n) is 2.91. The molecular formula is C15H25N3O. The van der Waals surface area contributed by atoms with Gasteiger partial charge in [-0.1, -0.05) is 44.2 Å². The van der Waals surface area contributed by atoms with Crippen molar-refractivity contribution < 1.29 is 4.74 Å². The molecule has 0 saturated carbocycles. The number of nitrogens with one attached hydrogen (secondary N) is 1. The van der Waals surface area contributed by atoms with Gasteiger partial charge in [0.25, 0.3) is 0 Å². The molecular weight excluding hydrogens is 238 g/mol. The van der Waals surface area contributed by atoms with E-state index in [1.54, 1.807) is 7.11 Å². The smallest absolute Gasteiger partial charge is 0.188 e. The first-order valence-electron chi connectivity index (χ1n) is 6.75. The number of guanidine groups is 1. The molecule has 106 valence electrons. The van der Waals surface area contributed by atoms with Gasteiger partial charge in [0.15, 0.2) is 5.96 Å². The van der Waals surface area contributed by atoms with Crippen molar-refractivity contribution >= 4 is 5.96 Å². The number of aliphatic imine (C=N–C) groups is 1. The third kappa shape index (κ3) is 6.25. The molecule has 0 aliphatic rings. The van der Waals surface area contributed by atoms with Crippen LogP contribution in [0.3, 0.4) is 0 Å². The lowest BCUT2D eigenvalue weighted by Crippen LogP contribution is -2.33. The summed E-state index contributed by atoms with van der Waals surface area (Å²) in [6.07, 6.45) is 1.04. The van der Waals surface area contributed by atoms with E-state index in [1.807, 2.05) is 30.3 Å². The number of benzene rings is 1. The number of nitrogens with zero attached hydrogens (tertiary/aromatic N) is 1. The molecule has 0 aliphatic carbocycles. The molecule has 1 unspecified atom stereocenters. The fourth-order valence-electron chi connectivity index (χ4n) is 1.71. The Morgan fingerprint density at radius 2 is 2.00 bits per heavy atom. The zero-order valence-electron chi connectivity index (χ0n) is 12.1. The highest BCUT2D eigenvalue weighted by molar-refractivity contribution is 5.77. The Morgan fingerprint density at radius 3 is 2.58 bits per heavy atom. The molecule has 1 aromatic rings. The standard InChI is InChI=1S/C15H25N3O/c1-12(2)9-10-17-15(16)18-11-14(19-3)13-7-5-4-6-8-13/h4-8,12,14H,9-11H2,1-3H3,(H3,16,17,18). The van der Waals surface area contributed by atoms with Crippen molar-refractivity contribution in [3.8, 4) is 0 Å². The van der Waals surface area contributed by atoms with Crippen LogP contribution in [-0.4, -0.2) is 26.2 Å². The van der Waals surface area contributed by atoms with E-state index >= 15 is 0 Å². The quantitative estimate of drug-likeness (QED) is 0.586. The van der Waals surface area contributed by atoms with E-state index in [0.29, 0.717) is 18.4 Å². The Balaban J connectivity index is 2.44. The predicted molar refractivity (Wildman–Crippen MR) is 80.1 cm³/mol. The number of rotatable bonds is 7. The highest BCUT2D eigenvalue weighted by Gasteiger charge is 2.08. The van der Waals surface area contributed by atoms with Crippen LogP contribution < -0.4 is 11.1 Å². The highest BCUT2D eigenvalue weighted by Crippen LogP contribution is 2.15. The van der Waals surface area contributed by atoms with Crippen LogP contribution >= 0.6 is 0 Å². The molecule has 0 spiro atoms. The van der Waals surface area contributed by atoms with Crippen molar-refractivity contribution in [3.05, 3.63) is 35.9 Å². The van der Waals surface area contributed by atoms with Crippen LogP contribution in [0.5, 0.6) is 0 Å². The first kappa shape index (κ1) is 15.5. The van der Waals surface area contributed by atoms with E-state index in [4.69, 9.17) is 10.5 Å². The van der Waals surface area contributed by atoms with Gasteiger partial charge in [-0.15, -0.1) is 0 Å². The molecule has 0 heterocycles. The second-order valence-electron chi connectivity index (χ2n) is 4.97. The average Bonchev–Trinajstić information content (AvgIpc) is 2.40. The molecule has 0 bridgehead atoms. The number of ether oxygens (including phenoxy) is 1. The number of nitrogens with two attached hydrogens (primary N) is 1. The molecule has 0 aliphatic heterocycles. The fraction of sp³-hybridized carbons (Fsp3) is 0.533. The summed E-state index contributed by atoms with van der Waals surface area (Å²) in [4.78, 5) is 4.33. The Bertz CT molecular complexity index is 376. The van der Waals surface area contributed by atoms with E-state index < -0.39 is 0 Å². The van der Waals surface area contributed by atoms with Crippen LogP contribution in [0.1, 0.15) is 31.9 Å². The van der Waals surface area contributed by atoms with E-state index in [0.717, 1.165) is 18.5 Å². The molecule has 0 saturated heterocycles. The van der Waals surface area contributed by atoms with Gasteiger partial charge in [-0.25, -0.2) is 0 Å². The van der Waals surface area contributed by atoms with Crippen molar-refractivity contribution in [2.75, 3.05) is 20.2 Å². The second-order valence-corrected chi connectivity index (χ2v) is 4.97. The van der Waals surface area contributed by atoms with Gasteiger partial charge in [-0.3, -0.25) is 4.99 Å². The largest absolute Gasteiger partial charge is 0.375 e. The van der Waals surface area contributed by atoms with Gasteiger partial charge in [0.1, 0.15) is 6.10 Å². The maximum absolute atomic E-state index is 5.82. The maximum Gasteiger partial charge on any atom is 0.188 e. The van der Waals surface area contributed by atoms with Crippen LogP contribution in [0.2, 0.25) is 0 Å². The molecule has 3 N–H and O–H groups in total. The second kappa shape index (κ2) is 8.53. The van der Waals surface area contributed by atoms with Gasteiger partial charge in [-0.2, -0.15) is 0 Å². The van der Waals surface area contributed by atoms with Crippen LogP contribution in [0.15, 0.2) is 35.3 Å². The van der Waals surface area contributed by atoms with Crippen LogP contribution in [0, 0.1) is 5.92 Å². The Kier molecular flexibility index (Phi) is 6.97. The van der Waals surface area contributed by atoms with Crippen molar-refractivity contribution in [1.82, 2.24) is 5.32 Å². The van der Waals surface area contributed by atoms with Crippen LogP contribution in [-0.2, 0) is 4.74 Å². The van der Waals surface area contributed by atoms with E-state index in [1.165, 1.54) is 0 Å². The molecule has 0 aromatic heterocycles. The SMILES string of the molecule is COC(CN=C(N)NCCC(C)C)c1ccccc1. The average molecular weight is 263 g/mol. The summed E-state index contributed by atoms with van der Waals surface area (Å²) in [5.74, 6) is 1.15. The lowest BCUT2D eigenvalue weighted by atomic mass is 10.1. The molecule has 19 heavy (non-hydrogen) atoms. The summed E-state index contributed by atoms with van der Waals surface area (Å²) < 4.78 is 5.44. The minimum absolute atomic E-state index is 0.0494. The molecule has 0 radical (unpaired) electrons. The first-order valence-corrected chi connectivity index (χ1v) is 6.75. The van der Waals surface area contributed by atoms with Crippen molar-refractivity contribution in [1.29, 1.82) is 0 Å². The van der Waals surface area contributed by atoms with Gasteiger partial charge < -0.3 is 15.8 Å². The molecule has 1 aromatic carbocycles. The summed E-state index contributed by atoms with van der Waals surface area (Å²) >= 11 is 0. The Labute approximate surface area is 116 Å². The molecule has 4 heteroatoms. The van der Waals surface area contributed by atoms with Crippen molar-refractivity contribution in [3.63, 3.8) is 0 Å². The monoisotopic (exact) mass is 263 g/mol. The summed E-state index contributed by atoms with van der Waals surface area (Å²) in [6.45, 7) is 5.76. The van der Waals surface area contributed by atoms with Gasteiger partial charge in [0.05, 0.1) is 6.54 Å². The minimum Gasteiger partial charge on any atom is -0.375 e. The number of hydrogen-bond acceptors (Lipinski definition) is 2. The van der Waals surface area contributed by atoms with Crippen molar-refractivity contribution in [2.24, 2.45) is 16.6 Å². The summed E-state index contributed by atoms with van der Waals surface area (Å²) in [5.41, 5.74) is 6.94. The normalized spacial score (nSPS) is 13.6. The van der Waals surface area contributed by atoms with Crippen LogP contribution in [0.25, 0.3) is 0 Å². The fourth-order valence-corrected chi connectivity index (χ4v) is 1.71. The zero-order valence-corrected chi connectivity index (χ0v) is 12.1. The van der Waals surface area contributed by atoms with E-state index in [-0.39, 0.29) is 6.10 Å². The van der Waals surface area contributed by atoms with E-state index in [2.05, 4.69) is 24.2 Å². The van der Waals surface area contributed by atoms with Gasteiger partial charge in [0.2, 0.25) is 0 Å². The Hall–Kier alpha value is -1.55. The number of hydrogen-bond donors (Lipinski definition) is 2. The Morgan fingerprint density at radius 1 is 1.32 bits per heavy atom. The lowest BCUT2D eigenvalue weighted by molar-refractivity contribution is 0.111. The lowest BCUT2D eigenvalue weighted by Gasteiger charge is -2.14. The summed E-state index contributed by atoms with van der Waals surface area (Å²) in [7, 11) is 1.69. The summed E-state index contributed by atoms with van der Waals surface area (Å²) in [6, 6.07) is 10.0. The minimum atomic E-state index is -0.0494. The molecule has 0 fully saturated rings. The van der Waals surface area contributed by atoms with Gasteiger partial charge in [-0.05, 0) is 17.9 Å². The third-order valence-corrected chi connectivity index (χ3v) is 2.91. The molecule has 1 rings (SSSR count). The summed E-state index contributed by atoms with van der Waals surface area (Å²) in [5, 5.41) is 3.12. The predicted octanol–water partition coefficient (Wildman–Crippen LogP) is 2.32.